The molecule has 4 heteroatoms. The molecule has 2 aliphatic carbocycles. The van der Waals surface area contributed by atoms with Crippen molar-refractivity contribution in [1.82, 2.24) is 4.72 Å². The zero-order chi connectivity index (χ0) is 19.9. The van der Waals surface area contributed by atoms with Crippen LogP contribution in [0.5, 0.6) is 0 Å². The SMILES string of the molecule is CC(C)c1cc(C(C)C)c(S(=O)(=O)NC[C@H]2C[C@@H]3C=C[C@H]2C3)c(C(C)C)c1. The zero-order valence-electron chi connectivity index (χ0n) is 17.6. The van der Waals surface area contributed by atoms with E-state index in [0.717, 1.165) is 17.5 Å². The van der Waals surface area contributed by atoms with Gasteiger partial charge in [-0.2, -0.15) is 0 Å². The van der Waals surface area contributed by atoms with Gasteiger partial charge in [0.2, 0.25) is 10.0 Å². The topological polar surface area (TPSA) is 46.2 Å². The fourth-order valence-electron chi connectivity index (χ4n) is 4.62. The highest BCUT2D eigenvalue weighted by atomic mass is 32.2. The second-order valence-corrected chi connectivity index (χ2v) is 11.1. The smallest absolute Gasteiger partial charge is 0.211 e. The number of sulfonamides is 1. The normalized spacial score (nSPS) is 24.7. The maximum Gasteiger partial charge on any atom is 0.241 e. The highest BCUT2D eigenvalue weighted by Gasteiger charge is 2.36. The molecule has 0 saturated heterocycles. The number of hydrogen-bond donors (Lipinski definition) is 1. The van der Waals surface area contributed by atoms with E-state index < -0.39 is 10.0 Å². The molecule has 2 bridgehead atoms. The van der Waals surface area contributed by atoms with E-state index in [2.05, 4.69) is 70.5 Å². The van der Waals surface area contributed by atoms with E-state index in [-0.39, 0.29) is 11.8 Å². The van der Waals surface area contributed by atoms with Crippen molar-refractivity contribution in [1.29, 1.82) is 0 Å². The average Bonchev–Trinajstić information content (AvgIpc) is 3.21. The fourth-order valence-corrected chi connectivity index (χ4v) is 6.41. The van der Waals surface area contributed by atoms with Gasteiger partial charge in [0.15, 0.2) is 0 Å². The summed E-state index contributed by atoms with van der Waals surface area (Å²) >= 11 is 0. The Morgan fingerprint density at radius 2 is 1.52 bits per heavy atom. The van der Waals surface area contributed by atoms with E-state index in [4.69, 9.17) is 0 Å². The molecule has 3 atom stereocenters. The van der Waals surface area contributed by atoms with Gasteiger partial charge in [-0.3, -0.25) is 0 Å². The molecule has 0 unspecified atom stereocenters. The Morgan fingerprint density at radius 1 is 0.926 bits per heavy atom. The third kappa shape index (κ3) is 4.17. The zero-order valence-corrected chi connectivity index (χ0v) is 18.4. The van der Waals surface area contributed by atoms with E-state index in [9.17, 15) is 8.42 Å². The lowest BCUT2D eigenvalue weighted by Crippen LogP contribution is -2.32. The van der Waals surface area contributed by atoms with Crippen LogP contribution in [-0.2, 0) is 10.0 Å². The number of benzene rings is 1. The van der Waals surface area contributed by atoms with Gasteiger partial charge in [0.25, 0.3) is 0 Å². The molecule has 1 aromatic rings. The lowest BCUT2D eigenvalue weighted by Gasteiger charge is -2.24. The van der Waals surface area contributed by atoms with Crippen LogP contribution < -0.4 is 4.72 Å². The van der Waals surface area contributed by atoms with Gasteiger partial charge in [0.05, 0.1) is 4.90 Å². The second kappa shape index (κ2) is 7.71. The molecule has 0 aliphatic heterocycles. The van der Waals surface area contributed by atoms with E-state index in [1.165, 1.54) is 12.0 Å². The molecule has 1 aromatic carbocycles. The van der Waals surface area contributed by atoms with E-state index in [0.29, 0.717) is 35.1 Å². The molecule has 0 radical (unpaired) electrons. The third-order valence-corrected chi connectivity index (χ3v) is 7.86. The Kier molecular flexibility index (Phi) is 5.88. The van der Waals surface area contributed by atoms with E-state index in [1.807, 2.05) is 0 Å². The molecule has 1 fully saturated rings. The standard InChI is InChI=1S/C23H35NO2S/c1-14(2)19-11-21(15(3)4)23(22(12-19)16(5)6)27(25,26)24-13-20-10-17-7-8-18(20)9-17/h7-8,11-12,14-18,20,24H,9-10,13H2,1-6H3/t17-,18+,20-/m1/s1. The van der Waals surface area contributed by atoms with Gasteiger partial charge in [-0.25, -0.2) is 13.1 Å². The van der Waals surface area contributed by atoms with Gasteiger partial charge in [-0.05, 0) is 65.0 Å². The average molecular weight is 390 g/mol. The molecule has 3 nitrogen and oxygen atoms in total. The van der Waals surface area contributed by atoms with Crippen molar-refractivity contribution < 1.29 is 8.42 Å². The number of fused-ring (bicyclic) bond motifs is 2. The minimum absolute atomic E-state index is 0.165. The van der Waals surface area contributed by atoms with Gasteiger partial charge in [0, 0.05) is 6.54 Å². The molecule has 2 aliphatic rings. The molecular weight excluding hydrogens is 354 g/mol. The largest absolute Gasteiger partial charge is 0.241 e. The van der Waals surface area contributed by atoms with Crippen LogP contribution in [0.4, 0.5) is 0 Å². The van der Waals surface area contributed by atoms with Crippen molar-refractivity contribution in [3.8, 4) is 0 Å². The molecule has 0 heterocycles. The Balaban J connectivity index is 1.96. The summed E-state index contributed by atoms with van der Waals surface area (Å²) in [6.07, 6.45) is 6.89. The van der Waals surface area contributed by atoms with Gasteiger partial charge < -0.3 is 0 Å². The minimum atomic E-state index is -3.53. The first-order valence-corrected chi connectivity index (χ1v) is 11.9. The third-order valence-electron chi connectivity index (χ3n) is 6.30. The first-order valence-electron chi connectivity index (χ1n) is 10.5. The molecule has 27 heavy (non-hydrogen) atoms. The number of rotatable bonds is 7. The molecule has 3 rings (SSSR count). The maximum absolute atomic E-state index is 13.4. The molecule has 0 aromatic heterocycles. The van der Waals surface area contributed by atoms with Crippen molar-refractivity contribution in [3.63, 3.8) is 0 Å². The van der Waals surface area contributed by atoms with Crippen molar-refractivity contribution in [3.05, 3.63) is 41.0 Å². The minimum Gasteiger partial charge on any atom is -0.211 e. The highest BCUT2D eigenvalue weighted by Crippen LogP contribution is 2.43. The van der Waals surface area contributed by atoms with Crippen LogP contribution in [0.15, 0.2) is 29.2 Å². The summed E-state index contributed by atoms with van der Waals surface area (Å²) in [7, 11) is -3.53. The summed E-state index contributed by atoms with van der Waals surface area (Å²) in [4.78, 5) is 0.524. The highest BCUT2D eigenvalue weighted by molar-refractivity contribution is 7.89. The van der Waals surface area contributed by atoms with Crippen LogP contribution in [0.2, 0.25) is 0 Å². The van der Waals surface area contributed by atoms with Crippen LogP contribution >= 0.6 is 0 Å². The summed E-state index contributed by atoms with van der Waals surface area (Å²) in [6, 6.07) is 4.21. The van der Waals surface area contributed by atoms with Gasteiger partial charge in [-0.15, -0.1) is 0 Å². The van der Waals surface area contributed by atoms with Crippen molar-refractivity contribution in [2.45, 2.75) is 77.0 Å². The maximum atomic E-state index is 13.4. The molecule has 1 saturated carbocycles. The summed E-state index contributed by atoms with van der Waals surface area (Å²) < 4.78 is 29.8. The Bertz CT molecular complexity index is 792. The predicted octanol–water partition coefficient (Wildman–Crippen LogP) is 5.55. The molecular formula is C23H35NO2S. The lowest BCUT2D eigenvalue weighted by molar-refractivity contribution is 0.440. The van der Waals surface area contributed by atoms with Gasteiger partial charge in [0.1, 0.15) is 0 Å². The number of allylic oxidation sites excluding steroid dienone is 2. The van der Waals surface area contributed by atoms with Crippen LogP contribution in [0.3, 0.4) is 0 Å². The predicted molar refractivity (Wildman–Crippen MR) is 113 cm³/mol. The summed E-state index contributed by atoms with van der Waals surface area (Å²) in [5, 5.41) is 0. The van der Waals surface area contributed by atoms with Crippen molar-refractivity contribution in [2.24, 2.45) is 17.8 Å². The molecule has 150 valence electrons. The Morgan fingerprint density at radius 3 is 1.93 bits per heavy atom. The lowest BCUT2D eigenvalue weighted by atomic mass is 9.89. The first-order chi connectivity index (χ1) is 12.6. The quantitative estimate of drug-likeness (QED) is 0.622. The Hall–Kier alpha value is -1.13. The fraction of sp³-hybridized carbons (Fsp3) is 0.652. The van der Waals surface area contributed by atoms with E-state index in [1.54, 1.807) is 0 Å². The van der Waals surface area contributed by atoms with Crippen molar-refractivity contribution >= 4 is 10.0 Å². The number of hydrogen-bond acceptors (Lipinski definition) is 2. The van der Waals surface area contributed by atoms with Crippen molar-refractivity contribution in [2.75, 3.05) is 6.54 Å². The monoisotopic (exact) mass is 389 g/mol. The van der Waals surface area contributed by atoms with Crippen LogP contribution in [0, 0.1) is 17.8 Å². The van der Waals surface area contributed by atoms with Crippen LogP contribution in [0.25, 0.3) is 0 Å². The summed E-state index contributed by atoms with van der Waals surface area (Å²) in [5.41, 5.74) is 3.12. The summed E-state index contributed by atoms with van der Waals surface area (Å²) in [6.45, 7) is 13.2. The molecule has 1 N–H and O–H groups in total. The van der Waals surface area contributed by atoms with Gasteiger partial charge in [-0.1, -0.05) is 65.8 Å². The molecule has 0 amide bonds. The van der Waals surface area contributed by atoms with Crippen LogP contribution in [0.1, 0.15) is 88.8 Å². The number of nitrogens with one attached hydrogen (secondary N) is 1. The van der Waals surface area contributed by atoms with Gasteiger partial charge >= 0.3 is 0 Å². The Labute approximate surface area is 165 Å². The molecule has 0 spiro atoms. The van der Waals surface area contributed by atoms with E-state index >= 15 is 0 Å². The van der Waals surface area contributed by atoms with Crippen LogP contribution in [-0.4, -0.2) is 15.0 Å². The first kappa shape index (κ1) is 20.6. The summed E-state index contributed by atoms with van der Waals surface area (Å²) in [5.74, 6) is 2.36. The second-order valence-electron chi connectivity index (χ2n) is 9.38.